The molecule has 1 atom stereocenters. The van der Waals surface area contributed by atoms with Gasteiger partial charge in [-0.25, -0.2) is 9.07 Å². The van der Waals surface area contributed by atoms with Crippen LogP contribution in [0.5, 0.6) is 0 Å². The van der Waals surface area contributed by atoms with Crippen LogP contribution in [0.4, 0.5) is 4.39 Å². The molecule has 6 heteroatoms. The second kappa shape index (κ2) is 8.19. The van der Waals surface area contributed by atoms with Crippen molar-refractivity contribution in [3.05, 3.63) is 76.9 Å². The average Bonchev–Trinajstić information content (AvgIpc) is 3.14. The standard InChI is InChI=1S/C22H26FN5/c1-16-3-7-19(8-4-16)21(27-13-11-17(2)12-14-27)22-24-25-26-28(22)15-18-5-9-20(23)10-6-18/h3-10,17,21H,11-15H2,1-2H3/t21-/m1/s1. The van der Waals surface area contributed by atoms with E-state index in [1.807, 2.05) is 4.68 Å². The quantitative estimate of drug-likeness (QED) is 0.672. The average molecular weight is 379 g/mol. The highest BCUT2D eigenvalue weighted by Crippen LogP contribution is 2.31. The Balaban J connectivity index is 1.67. The van der Waals surface area contributed by atoms with E-state index in [-0.39, 0.29) is 11.9 Å². The highest BCUT2D eigenvalue weighted by atomic mass is 19.1. The molecular weight excluding hydrogens is 353 g/mol. The van der Waals surface area contributed by atoms with Gasteiger partial charge in [0.2, 0.25) is 0 Å². The Kier molecular flexibility index (Phi) is 5.48. The van der Waals surface area contributed by atoms with Gasteiger partial charge in [-0.05, 0) is 72.5 Å². The zero-order chi connectivity index (χ0) is 19.5. The Morgan fingerprint density at radius 1 is 1.04 bits per heavy atom. The third-order valence-corrected chi connectivity index (χ3v) is 5.63. The molecule has 0 radical (unpaired) electrons. The van der Waals surface area contributed by atoms with E-state index >= 15 is 0 Å². The molecule has 3 aromatic rings. The maximum absolute atomic E-state index is 13.2. The molecule has 1 aromatic heterocycles. The maximum Gasteiger partial charge on any atom is 0.173 e. The largest absolute Gasteiger partial charge is 0.290 e. The lowest BCUT2D eigenvalue weighted by atomic mass is 9.95. The highest BCUT2D eigenvalue weighted by molar-refractivity contribution is 5.28. The van der Waals surface area contributed by atoms with Crippen LogP contribution < -0.4 is 0 Å². The summed E-state index contributed by atoms with van der Waals surface area (Å²) >= 11 is 0. The van der Waals surface area contributed by atoms with Crippen LogP contribution in [-0.2, 0) is 6.54 Å². The van der Waals surface area contributed by atoms with Crippen molar-refractivity contribution in [3.8, 4) is 0 Å². The summed E-state index contributed by atoms with van der Waals surface area (Å²) in [6.45, 7) is 7.00. The summed E-state index contributed by atoms with van der Waals surface area (Å²) < 4.78 is 15.1. The van der Waals surface area contributed by atoms with E-state index in [0.717, 1.165) is 30.4 Å². The van der Waals surface area contributed by atoms with Crippen LogP contribution in [0, 0.1) is 18.7 Å². The number of tetrazole rings is 1. The van der Waals surface area contributed by atoms with Gasteiger partial charge in [-0.1, -0.05) is 48.9 Å². The first-order valence-corrected chi connectivity index (χ1v) is 9.91. The lowest BCUT2D eigenvalue weighted by molar-refractivity contribution is 0.150. The van der Waals surface area contributed by atoms with Gasteiger partial charge in [0.05, 0.1) is 12.6 Å². The number of halogens is 1. The molecule has 0 N–H and O–H groups in total. The first-order chi connectivity index (χ1) is 13.6. The molecule has 2 aromatic carbocycles. The number of benzene rings is 2. The lowest BCUT2D eigenvalue weighted by Gasteiger charge is -2.36. The van der Waals surface area contributed by atoms with Gasteiger partial charge in [-0.15, -0.1) is 5.10 Å². The Hall–Kier alpha value is -2.60. The number of hydrogen-bond donors (Lipinski definition) is 0. The Morgan fingerprint density at radius 3 is 2.39 bits per heavy atom. The van der Waals surface area contributed by atoms with Gasteiger partial charge in [-0.3, -0.25) is 4.90 Å². The molecule has 2 heterocycles. The molecule has 5 nitrogen and oxygen atoms in total. The molecule has 0 unspecified atom stereocenters. The monoisotopic (exact) mass is 379 g/mol. The first kappa shape index (κ1) is 18.7. The highest BCUT2D eigenvalue weighted by Gasteiger charge is 2.30. The van der Waals surface area contributed by atoms with Crippen molar-refractivity contribution < 1.29 is 4.39 Å². The number of nitrogens with zero attached hydrogens (tertiary/aromatic N) is 5. The summed E-state index contributed by atoms with van der Waals surface area (Å²) in [7, 11) is 0. The van der Waals surface area contributed by atoms with Gasteiger partial charge in [0.25, 0.3) is 0 Å². The van der Waals surface area contributed by atoms with Crippen molar-refractivity contribution in [1.29, 1.82) is 0 Å². The van der Waals surface area contributed by atoms with Crippen LogP contribution in [-0.4, -0.2) is 38.2 Å². The van der Waals surface area contributed by atoms with Crippen LogP contribution in [0.2, 0.25) is 0 Å². The molecule has 0 spiro atoms. The van der Waals surface area contributed by atoms with E-state index in [9.17, 15) is 4.39 Å². The lowest BCUT2D eigenvalue weighted by Crippen LogP contribution is -2.38. The minimum absolute atomic E-state index is 0.0172. The van der Waals surface area contributed by atoms with E-state index in [0.29, 0.717) is 6.54 Å². The summed E-state index contributed by atoms with van der Waals surface area (Å²) in [5, 5.41) is 12.6. The zero-order valence-electron chi connectivity index (χ0n) is 16.4. The van der Waals surface area contributed by atoms with Crippen molar-refractivity contribution in [2.45, 2.75) is 39.3 Å². The maximum atomic E-state index is 13.2. The Bertz CT molecular complexity index is 895. The molecular formula is C22H26FN5. The van der Waals surface area contributed by atoms with Crippen molar-refractivity contribution in [2.24, 2.45) is 5.92 Å². The second-order valence-electron chi connectivity index (χ2n) is 7.85. The number of rotatable bonds is 5. The molecule has 0 bridgehead atoms. The number of hydrogen-bond acceptors (Lipinski definition) is 4. The van der Waals surface area contributed by atoms with Crippen LogP contribution in [0.25, 0.3) is 0 Å². The molecule has 0 aliphatic carbocycles. The minimum atomic E-state index is -0.236. The van der Waals surface area contributed by atoms with Crippen LogP contribution in [0.15, 0.2) is 48.5 Å². The molecule has 1 aliphatic rings. The van der Waals surface area contributed by atoms with Crippen molar-refractivity contribution >= 4 is 0 Å². The fourth-order valence-electron chi connectivity index (χ4n) is 3.84. The number of likely N-dealkylation sites (tertiary alicyclic amines) is 1. The van der Waals surface area contributed by atoms with Crippen molar-refractivity contribution in [1.82, 2.24) is 25.1 Å². The summed E-state index contributed by atoms with van der Waals surface area (Å²) in [4.78, 5) is 2.48. The molecule has 146 valence electrons. The summed E-state index contributed by atoms with van der Waals surface area (Å²) in [5.41, 5.74) is 3.42. The molecule has 4 rings (SSSR count). The fraction of sp³-hybridized carbons (Fsp3) is 0.409. The second-order valence-corrected chi connectivity index (χ2v) is 7.85. The van der Waals surface area contributed by atoms with Crippen molar-refractivity contribution in [3.63, 3.8) is 0 Å². The van der Waals surface area contributed by atoms with Gasteiger partial charge < -0.3 is 0 Å². The van der Waals surface area contributed by atoms with Gasteiger partial charge in [0.1, 0.15) is 5.82 Å². The minimum Gasteiger partial charge on any atom is -0.290 e. The van der Waals surface area contributed by atoms with E-state index in [2.05, 4.69) is 58.5 Å². The topological polar surface area (TPSA) is 46.8 Å². The van der Waals surface area contributed by atoms with E-state index < -0.39 is 0 Å². The molecule has 0 amide bonds. The summed E-state index contributed by atoms with van der Waals surface area (Å²) in [5.74, 6) is 1.36. The van der Waals surface area contributed by atoms with Gasteiger partial charge in [0, 0.05) is 0 Å². The van der Waals surface area contributed by atoms with Crippen LogP contribution in [0.3, 0.4) is 0 Å². The smallest absolute Gasteiger partial charge is 0.173 e. The van der Waals surface area contributed by atoms with E-state index in [4.69, 9.17) is 0 Å². The number of aromatic nitrogens is 4. The molecule has 1 fully saturated rings. The third kappa shape index (κ3) is 4.12. The molecule has 1 aliphatic heterocycles. The van der Waals surface area contributed by atoms with Gasteiger partial charge in [-0.2, -0.15) is 0 Å². The van der Waals surface area contributed by atoms with E-state index in [1.165, 1.54) is 36.1 Å². The molecule has 0 saturated carbocycles. The van der Waals surface area contributed by atoms with Gasteiger partial charge in [0.15, 0.2) is 5.82 Å². The first-order valence-electron chi connectivity index (χ1n) is 9.91. The van der Waals surface area contributed by atoms with Gasteiger partial charge >= 0.3 is 0 Å². The number of piperidine rings is 1. The predicted molar refractivity (Wildman–Crippen MR) is 106 cm³/mol. The Morgan fingerprint density at radius 2 is 1.71 bits per heavy atom. The zero-order valence-corrected chi connectivity index (χ0v) is 16.4. The molecule has 1 saturated heterocycles. The fourth-order valence-corrected chi connectivity index (χ4v) is 3.84. The summed E-state index contributed by atoms with van der Waals surface area (Å²) in [6.07, 6.45) is 2.36. The SMILES string of the molecule is Cc1ccc([C@H](c2nnnn2Cc2ccc(F)cc2)N2CCC(C)CC2)cc1. The van der Waals surface area contributed by atoms with Crippen molar-refractivity contribution in [2.75, 3.05) is 13.1 Å². The predicted octanol–water partition coefficient (Wildman–Crippen LogP) is 3.99. The van der Waals surface area contributed by atoms with E-state index in [1.54, 1.807) is 12.1 Å². The Labute approximate surface area is 165 Å². The molecule has 28 heavy (non-hydrogen) atoms. The normalized spacial score (nSPS) is 17.0. The van der Waals surface area contributed by atoms with Crippen LogP contribution >= 0.6 is 0 Å². The number of aryl methyl sites for hydroxylation is 1. The summed E-state index contributed by atoms with van der Waals surface area (Å²) in [6, 6.07) is 15.2. The van der Waals surface area contributed by atoms with Crippen LogP contribution in [0.1, 0.15) is 48.3 Å². The third-order valence-electron chi connectivity index (χ3n) is 5.63.